The molecule has 1 aliphatic rings. The molecule has 0 saturated heterocycles. The first kappa shape index (κ1) is 19.6. The largest absolute Gasteiger partial charge is 0.454 e. The number of ether oxygens (including phenoxy) is 3. The van der Waals surface area contributed by atoms with E-state index < -0.39 is 0 Å². The summed E-state index contributed by atoms with van der Waals surface area (Å²) in [6.07, 6.45) is 13.5. The van der Waals surface area contributed by atoms with Crippen LogP contribution < -0.4 is 9.47 Å². The van der Waals surface area contributed by atoms with Crippen molar-refractivity contribution in [3.8, 4) is 11.5 Å². The van der Waals surface area contributed by atoms with Gasteiger partial charge in [0.2, 0.25) is 6.79 Å². The van der Waals surface area contributed by atoms with Gasteiger partial charge in [0.05, 0.1) is 6.61 Å². The number of hydrogen-bond acceptors (Lipinski definition) is 3. The van der Waals surface area contributed by atoms with E-state index in [1.807, 2.05) is 18.2 Å². The molecule has 0 fully saturated rings. The highest BCUT2D eigenvalue weighted by Gasteiger charge is 2.12. The quantitative estimate of drug-likeness (QED) is 0.274. The van der Waals surface area contributed by atoms with Gasteiger partial charge in [0.1, 0.15) is 0 Å². The molecule has 1 aromatic rings. The van der Waals surface area contributed by atoms with E-state index in [9.17, 15) is 0 Å². The molecule has 0 aromatic heterocycles. The van der Waals surface area contributed by atoms with E-state index in [0.717, 1.165) is 35.4 Å². The van der Waals surface area contributed by atoms with Gasteiger partial charge in [0.25, 0.3) is 0 Å². The molecule has 0 unspecified atom stereocenters. The minimum atomic E-state index is 0.330. The van der Waals surface area contributed by atoms with Crippen LogP contribution in [-0.4, -0.2) is 18.7 Å². The summed E-state index contributed by atoms with van der Waals surface area (Å²) in [6, 6.07) is 6.02. The first-order valence-electron chi connectivity index (χ1n) is 9.42. The van der Waals surface area contributed by atoms with Crippen LogP contribution in [-0.2, 0) is 11.3 Å². The summed E-state index contributed by atoms with van der Waals surface area (Å²) in [4.78, 5) is 0. The van der Waals surface area contributed by atoms with Gasteiger partial charge in [-0.2, -0.15) is 0 Å². The van der Waals surface area contributed by atoms with Gasteiger partial charge in [-0.25, -0.2) is 0 Å². The third-order valence-electron chi connectivity index (χ3n) is 4.38. The second kappa shape index (κ2) is 12.6. The van der Waals surface area contributed by atoms with E-state index in [-0.39, 0.29) is 0 Å². The van der Waals surface area contributed by atoms with Crippen molar-refractivity contribution in [2.75, 3.05) is 18.7 Å². The smallest absolute Gasteiger partial charge is 0.231 e. The lowest BCUT2D eigenvalue weighted by molar-refractivity contribution is 0.116. The Bertz CT molecular complexity index is 451. The second-order valence-electron chi connectivity index (χ2n) is 6.46. The van der Waals surface area contributed by atoms with Gasteiger partial charge in [-0.05, 0) is 30.5 Å². The van der Waals surface area contributed by atoms with E-state index in [1.165, 1.54) is 57.8 Å². The van der Waals surface area contributed by atoms with E-state index in [4.69, 9.17) is 14.2 Å². The minimum absolute atomic E-state index is 0.330. The fraction of sp³-hybridized carbons (Fsp3) is 0.700. The van der Waals surface area contributed by atoms with Crippen LogP contribution >= 0.6 is 15.9 Å². The summed E-state index contributed by atoms with van der Waals surface area (Å²) in [5.41, 5.74) is 1.15. The van der Waals surface area contributed by atoms with E-state index in [1.54, 1.807) is 0 Å². The molecule has 3 nitrogen and oxygen atoms in total. The monoisotopic (exact) mass is 398 g/mol. The minimum Gasteiger partial charge on any atom is -0.454 e. The Kier molecular flexibility index (Phi) is 10.3. The Morgan fingerprint density at radius 1 is 0.792 bits per heavy atom. The zero-order valence-corrected chi connectivity index (χ0v) is 16.3. The zero-order chi connectivity index (χ0) is 16.9. The maximum absolute atomic E-state index is 5.76. The Balaban J connectivity index is 1.37. The molecule has 2 rings (SSSR count). The van der Waals surface area contributed by atoms with Crippen LogP contribution in [0.15, 0.2) is 18.2 Å². The van der Waals surface area contributed by atoms with Crippen molar-refractivity contribution in [2.24, 2.45) is 0 Å². The highest BCUT2D eigenvalue weighted by molar-refractivity contribution is 9.09. The molecule has 0 amide bonds. The number of hydrogen-bond donors (Lipinski definition) is 0. The molecule has 0 radical (unpaired) electrons. The first-order valence-corrected chi connectivity index (χ1v) is 10.5. The Hall–Kier alpha value is -0.740. The van der Waals surface area contributed by atoms with Crippen molar-refractivity contribution in [3.63, 3.8) is 0 Å². The molecule has 136 valence electrons. The van der Waals surface area contributed by atoms with Crippen molar-refractivity contribution in [1.29, 1.82) is 0 Å². The van der Waals surface area contributed by atoms with Gasteiger partial charge in [0.15, 0.2) is 11.5 Å². The predicted octanol–water partition coefficient (Wildman–Crippen LogP) is 6.23. The number of fused-ring (bicyclic) bond motifs is 1. The molecule has 0 aliphatic carbocycles. The molecule has 0 N–H and O–H groups in total. The van der Waals surface area contributed by atoms with E-state index in [2.05, 4.69) is 15.9 Å². The van der Waals surface area contributed by atoms with Gasteiger partial charge >= 0.3 is 0 Å². The van der Waals surface area contributed by atoms with Gasteiger partial charge in [-0.15, -0.1) is 0 Å². The Morgan fingerprint density at radius 2 is 1.42 bits per heavy atom. The fourth-order valence-electron chi connectivity index (χ4n) is 2.93. The maximum Gasteiger partial charge on any atom is 0.231 e. The highest BCUT2D eigenvalue weighted by atomic mass is 79.9. The van der Waals surface area contributed by atoms with E-state index in [0.29, 0.717) is 13.4 Å². The predicted molar refractivity (Wildman–Crippen MR) is 102 cm³/mol. The molecule has 1 aromatic carbocycles. The van der Waals surface area contributed by atoms with Crippen molar-refractivity contribution in [2.45, 2.75) is 70.8 Å². The first-order chi connectivity index (χ1) is 11.9. The topological polar surface area (TPSA) is 27.7 Å². The lowest BCUT2D eigenvalue weighted by Crippen LogP contribution is -1.96. The van der Waals surface area contributed by atoms with Crippen LogP contribution in [0.4, 0.5) is 0 Å². The van der Waals surface area contributed by atoms with Crippen LogP contribution in [0.3, 0.4) is 0 Å². The molecule has 24 heavy (non-hydrogen) atoms. The SMILES string of the molecule is BrCCCCCCCCCCCCOCc1ccc2c(c1)OCO2. The summed E-state index contributed by atoms with van der Waals surface area (Å²) in [6.45, 7) is 1.84. The average Bonchev–Trinajstić information content (AvgIpc) is 3.07. The molecule has 4 heteroatoms. The van der Waals surface area contributed by atoms with E-state index >= 15 is 0 Å². The lowest BCUT2D eigenvalue weighted by Gasteiger charge is -2.06. The zero-order valence-electron chi connectivity index (χ0n) is 14.7. The molecule has 1 aliphatic heterocycles. The van der Waals surface area contributed by atoms with Gasteiger partial charge < -0.3 is 14.2 Å². The Morgan fingerprint density at radius 3 is 2.12 bits per heavy atom. The molecule has 0 bridgehead atoms. The third kappa shape index (κ3) is 7.89. The molecule has 0 atom stereocenters. The molecule has 0 spiro atoms. The third-order valence-corrected chi connectivity index (χ3v) is 4.94. The maximum atomic E-state index is 5.76. The van der Waals surface area contributed by atoms with Gasteiger partial charge in [-0.1, -0.05) is 73.4 Å². The van der Waals surface area contributed by atoms with Crippen LogP contribution in [0.25, 0.3) is 0 Å². The van der Waals surface area contributed by atoms with Crippen LogP contribution in [0, 0.1) is 0 Å². The van der Waals surface area contributed by atoms with Gasteiger partial charge in [0, 0.05) is 11.9 Å². The summed E-state index contributed by atoms with van der Waals surface area (Å²) in [5, 5.41) is 1.16. The summed E-state index contributed by atoms with van der Waals surface area (Å²) >= 11 is 3.48. The molecular formula is C20H31BrO3. The van der Waals surface area contributed by atoms with Crippen molar-refractivity contribution < 1.29 is 14.2 Å². The highest BCUT2D eigenvalue weighted by Crippen LogP contribution is 2.32. The van der Waals surface area contributed by atoms with Crippen LogP contribution in [0.5, 0.6) is 11.5 Å². The van der Waals surface area contributed by atoms with Crippen LogP contribution in [0.2, 0.25) is 0 Å². The average molecular weight is 399 g/mol. The van der Waals surface area contributed by atoms with Crippen molar-refractivity contribution in [1.82, 2.24) is 0 Å². The van der Waals surface area contributed by atoms with Crippen LogP contribution in [0.1, 0.15) is 69.8 Å². The fourth-order valence-corrected chi connectivity index (χ4v) is 3.33. The number of unbranched alkanes of at least 4 members (excludes halogenated alkanes) is 9. The normalized spacial score (nSPS) is 12.7. The summed E-state index contributed by atoms with van der Waals surface area (Å²) < 4.78 is 16.5. The summed E-state index contributed by atoms with van der Waals surface area (Å²) in [5.74, 6) is 1.67. The van der Waals surface area contributed by atoms with Crippen molar-refractivity contribution in [3.05, 3.63) is 23.8 Å². The molecule has 0 saturated carbocycles. The summed E-state index contributed by atoms with van der Waals surface area (Å²) in [7, 11) is 0. The Labute approximate surface area is 155 Å². The lowest BCUT2D eigenvalue weighted by atomic mass is 10.1. The molecular weight excluding hydrogens is 368 g/mol. The molecule has 1 heterocycles. The standard InChI is InChI=1S/C20H31BrO3/c21-13-9-7-5-3-1-2-4-6-8-10-14-22-16-18-11-12-19-20(15-18)24-17-23-19/h11-12,15H,1-10,13-14,16-17H2. The number of alkyl halides is 1. The number of halogens is 1. The second-order valence-corrected chi connectivity index (χ2v) is 7.26. The number of benzene rings is 1. The van der Waals surface area contributed by atoms with Gasteiger partial charge in [-0.3, -0.25) is 0 Å². The number of rotatable bonds is 14. The van der Waals surface area contributed by atoms with Crippen molar-refractivity contribution >= 4 is 15.9 Å².